The van der Waals surface area contributed by atoms with Crippen LogP contribution in [0.15, 0.2) is 11.2 Å². The summed E-state index contributed by atoms with van der Waals surface area (Å²) < 4.78 is 24.3. The Bertz CT molecular complexity index is 612. The van der Waals surface area contributed by atoms with Crippen LogP contribution < -0.4 is 5.32 Å². The number of carbonyl (C=O) groups is 1. The molecule has 22 heavy (non-hydrogen) atoms. The Balaban J connectivity index is 2.52. The summed E-state index contributed by atoms with van der Waals surface area (Å²) in [5, 5.41) is 2.76. The van der Waals surface area contributed by atoms with Crippen LogP contribution in [0.1, 0.15) is 18.3 Å². The minimum Gasteiger partial charge on any atom is -0.354 e. The summed E-state index contributed by atoms with van der Waals surface area (Å²) in [6, 6.07) is 1.86. The Labute approximate surface area is 136 Å². The van der Waals surface area contributed by atoms with Crippen LogP contribution in [0.2, 0.25) is 0 Å². The Morgan fingerprint density at radius 3 is 2.36 bits per heavy atom. The van der Waals surface area contributed by atoms with E-state index >= 15 is 0 Å². The molecule has 1 atom stereocenters. The van der Waals surface area contributed by atoms with Crippen molar-refractivity contribution in [3.8, 4) is 0 Å². The summed E-state index contributed by atoms with van der Waals surface area (Å²) in [4.78, 5) is 20.5. The third-order valence-electron chi connectivity index (χ3n) is 2.83. The molecular weight excluding hydrogens is 324 g/mol. The van der Waals surface area contributed by atoms with Crippen molar-refractivity contribution < 1.29 is 13.2 Å². The molecule has 124 valence electrons. The molecular formula is C13H22N4O3S2. The van der Waals surface area contributed by atoms with Crippen molar-refractivity contribution in [3.63, 3.8) is 0 Å². The molecule has 7 nitrogen and oxygen atoms in total. The van der Waals surface area contributed by atoms with Gasteiger partial charge in [0.25, 0.3) is 0 Å². The van der Waals surface area contributed by atoms with Crippen molar-refractivity contribution in [2.45, 2.75) is 31.2 Å². The van der Waals surface area contributed by atoms with Gasteiger partial charge in [-0.05, 0) is 26.8 Å². The fourth-order valence-electron chi connectivity index (χ4n) is 1.59. The average Bonchev–Trinajstić information content (AvgIpc) is 2.36. The maximum Gasteiger partial charge on any atom is 0.233 e. The summed E-state index contributed by atoms with van der Waals surface area (Å²) in [5.41, 5.74) is 1.69. The highest BCUT2D eigenvalue weighted by Gasteiger charge is 2.18. The number of rotatable bonds is 7. The fourth-order valence-corrected chi connectivity index (χ4v) is 3.21. The molecule has 9 heteroatoms. The highest BCUT2D eigenvalue weighted by Crippen LogP contribution is 2.19. The van der Waals surface area contributed by atoms with Gasteiger partial charge in [-0.25, -0.2) is 22.7 Å². The van der Waals surface area contributed by atoms with Crippen molar-refractivity contribution >= 4 is 27.7 Å². The van der Waals surface area contributed by atoms with Crippen molar-refractivity contribution in [2.75, 3.05) is 26.4 Å². The average molecular weight is 346 g/mol. The zero-order valence-corrected chi connectivity index (χ0v) is 15.1. The van der Waals surface area contributed by atoms with E-state index in [1.165, 1.54) is 25.9 Å². The second-order valence-corrected chi connectivity index (χ2v) is 8.69. The van der Waals surface area contributed by atoms with Crippen LogP contribution in [0.5, 0.6) is 0 Å². The van der Waals surface area contributed by atoms with E-state index in [1.54, 1.807) is 6.92 Å². The van der Waals surface area contributed by atoms with E-state index in [2.05, 4.69) is 15.3 Å². The number of amides is 1. The monoisotopic (exact) mass is 346 g/mol. The van der Waals surface area contributed by atoms with E-state index in [-0.39, 0.29) is 18.2 Å². The number of nitrogens with one attached hydrogen (secondary N) is 1. The predicted molar refractivity (Wildman–Crippen MR) is 87.3 cm³/mol. The number of sulfonamides is 1. The summed E-state index contributed by atoms with van der Waals surface area (Å²) in [6.45, 7) is 5.56. The second kappa shape index (κ2) is 7.89. The lowest BCUT2D eigenvalue weighted by molar-refractivity contribution is -0.120. The van der Waals surface area contributed by atoms with Gasteiger partial charge < -0.3 is 5.32 Å². The number of thioether (sulfide) groups is 1. The summed E-state index contributed by atoms with van der Waals surface area (Å²) in [7, 11) is -0.372. The largest absolute Gasteiger partial charge is 0.354 e. The summed E-state index contributed by atoms with van der Waals surface area (Å²) >= 11 is 1.25. The lowest BCUT2D eigenvalue weighted by Gasteiger charge is -2.14. The molecule has 0 spiro atoms. The number of nitrogens with zero attached hydrogens (tertiary/aromatic N) is 3. The molecule has 0 bridgehead atoms. The molecule has 1 aromatic heterocycles. The Morgan fingerprint density at radius 2 is 1.86 bits per heavy atom. The molecule has 0 aliphatic carbocycles. The van der Waals surface area contributed by atoms with E-state index in [4.69, 9.17) is 0 Å². The van der Waals surface area contributed by atoms with E-state index < -0.39 is 15.3 Å². The first kappa shape index (κ1) is 18.9. The second-order valence-electron chi connectivity index (χ2n) is 5.08. The number of aryl methyl sites for hydroxylation is 2. The SMILES string of the molecule is Cc1cc(C)nc(S[C@H](C)C(=O)NCCS(=O)(=O)N(C)C)n1. The maximum atomic E-state index is 12.0. The van der Waals surface area contributed by atoms with Gasteiger partial charge in [0.2, 0.25) is 15.9 Å². The smallest absolute Gasteiger partial charge is 0.233 e. The molecule has 1 heterocycles. The molecule has 0 fully saturated rings. The maximum absolute atomic E-state index is 12.0. The summed E-state index contributed by atoms with van der Waals surface area (Å²) in [5.74, 6) is -0.356. The first-order chi connectivity index (χ1) is 10.1. The van der Waals surface area contributed by atoms with Crippen LogP contribution in [-0.2, 0) is 14.8 Å². The Morgan fingerprint density at radius 1 is 1.32 bits per heavy atom. The molecule has 1 N–H and O–H groups in total. The highest BCUT2D eigenvalue weighted by atomic mass is 32.2. The number of aromatic nitrogens is 2. The Hall–Kier alpha value is -1.19. The third kappa shape index (κ3) is 5.90. The van der Waals surface area contributed by atoms with E-state index in [9.17, 15) is 13.2 Å². The molecule has 0 aromatic carbocycles. The third-order valence-corrected chi connectivity index (χ3v) is 5.62. The zero-order chi connectivity index (χ0) is 16.9. The van der Waals surface area contributed by atoms with Crippen LogP contribution in [0.3, 0.4) is 0 Å². The van der Waals surface area contributed by atoms with E-state index in [0.717, 1.165) is 15.7 Å². The lowest BCUT2D eigenvalue weighted by Crippen LogP contribution is -2.37. The number of carbonyl (C=O) groups excluding carboxylic acids is 1. The van der Waals surface area contributed by atoms with Gasteiger partial charge in [-0.15, -0.1) is 0 Å². The van der Waals surface area contributed by atoms with Crippen molar-refractivity contribution in [1.29, 1.82) is 0 Å². The van der Waals surface area contributed by atoms with Crippen molar-refractivity contribution in [1.82, 2.24) is 19.6 Å². The molecule has 0 radical (unpaired) electrons. The van der Waals surface area contributed by atoms with Gasteiger partial charge in [0.05, 0.1) is 11.0 Å². The van der Waals surface area contributed by atoms with Gasteiger partial charge in [-0.2, -0.15) is 0 Å². The van der Waals surface area contributed by atoms with Gasteiger partial charge in [-0.1, -0.05) is 11.8 Å². The zero-order valence-electron chi connectivity index (χ0n) is 13.5. The van der Waals surface area contributed by atoms with Gasteiger partial charge in [-0.3, -0.25) is 4.79 Å². The molecule has 0 unspecified atom stereocenters. The topological polar surface area (TPSA) is 92.3 Å². The Kier molecular flexibility index (Phi) is 6.76. The van der Waals surface area contributed by atoms with Gasteiger partial charge >= 0.3 is 0 Å². The molecule has 0 saturated carbocycles. The predicted octanol–water partition coefficient (Wildman–Crippen LogP) is 0.582. The quantitative estimate of drug-likeness (QED) is 0.573. The first-order valence-corrected chi connectivity index (χ1v) is 9.27. The van der Waals surface area contributed by atoms with Crippen LogP contribution in [0.4, 0.5) is 0 Å². The van der Waals surface area contributed by atoms with E-state index in [1.807, 2.05) is 19.9 Å². The molecule has 1 aromatic rings. The van der Waals surface area contributed by atoms with Gasteiger partial charge in [0.15, 0.2) is 5.16 Å². The minimum atomic E-state index is -3.30. The normalized spacial score (nSPS) is 13.2. The van der Waals surface area contributed by atoms with Gasteiger partial charge in [0, 0.05) is 32.0 Å². The van der Waals surface area contributed by atoms with Crippen LogP contribution in [-0.4, -0.2) is 60.2 Å². The standard InChI is InChI=1S/C13H22N4O3S2/c1-9-8-10(2)16-13(15-9)21-11(3)12(18)14-6-7-22(19,20)17(4)5/h8,11H,6-7H2,1-5H3,(H,14,18)/t11-/m1/s1. The number of hydrogen-bond donors (Lipinski definition) is 1. The molecule has 1 rings (SSSR count). The number of hydrogen-bond acceptors (Lipinski definition) is 6. The van der Waals surface area contributed by atoms with Crippen molar-refractivity contribution in [2.24, 2.45) is 0 Å². The molecule has 0 aliphatic rings. The molecule has 1 amide bonds. The molecule has 0 saturated heterocycles. The highest BCUT2D eigenvalue weighted by molar-refractivity contribution is 8.00. The van der Waals surface area contributed by atoms with Gasteiger partial charge in [0.1, 0.15) is 0 Å². The fraction of sp³-hybridized carbons (Fsp3) is 0.615. The molecule has 0 aliphatic heterocycles. The van der Waals surface area contributed by atoms with Crippen LogP contribution in [0.25, 0.3) is 0 Å². The van der Waals surface area contributed by atoms with Crippen molar-refractivity contribution in [3.05, 3.63) is 17.5 Å². The first-order valence-electron chi connectivity index (χ1n) is 6.78. The minimum absolute atomic E-state index is 0.0813. The van der Waals surface area contributed by atoms with Crippen LogP contribution >= 0.6 is 11.8 Å². The lowest BCUT2D eigenvalue weighted by atomic mass is 10.4. The van der Waals surface area contributed by atoms with E-state index in [0.29, 0.717) is 5.16 Å². The van der Waals surface area contributed by atoms with Crippen LogP contribution in [0, 0.1) is 13.8 Å². The summed E-state index contributed by atoms with van der Waals surface area (Å²) in [6.07, 6.45) is 0.